The summed E-state index contributed by atoms with van der Waals surface area (Å²) in [6.07, 6.45) is 1.79. The number of nitrogens with zero attached hydrogens (tertiary/aromatic N) is 3. The van der Waals surface area contributed by atoms with E-state index in [0.717, 1.165) is 19.4 Å². The molecule has 1 aliphatic rings. The molecule has 3 aromatic rings. The van der Waals surface area contributed by atoms with Gasteiger partial charge in [0.25, 0.3) is 0 Å². The highest BCUT2D eigenvalue weighted by Gasteiger charge is 2.23. The highest BCUT2D eigenvalue weighted by Crippen LogP contribution is 2.41. The van der Waals surface area contributed by atoms with Crippen LogP contribution < -0.4 is 15.4 Å². The molecule has 2 heterocycles. The second-order valence-corrected chi connectivity index (χ2v) is 7.73. The van der Waals surface area contributed by atoms with Gasteiger partial charge in [-0.15, -0.1) is 0 Å². The number of anilines is 1. The van der Waals surface area contributed by atoms with Crippen LogP contribution in [0.1, 0.15) is 18.4 Å². The number of piperidine rings is 1. The van der Waals surface area contributed by atoms with Gasteiger partial charge in [-0.05, 0) is 42.7 Å². The predicted octanol–water partition coefficient (Wildman–Crippen LogP) is 4.21. The van der Waals surface area contributed by atoms with Gasteiger partial charge in [-0.25, -0.2) is 13.8 Å². The molecular weight excluding hydrogens is 414 g/mol. The SMILES string of the molecule is COc1ccc(-c2c(O)cc(N3CCC[C@@H](N)C3)nc2-c2ccc(C#N)c(F)c2)cc1F. The van der Waals surface area contributed by atoms with Crippen molar-refractivity contribution >= 4 is 5.82 Å². The maximum Gasteiger partial charge on any atom is 0.165 e. The van der Waals surface area contributed by atoms with Crippen LogP contribution >= 0.6 is 0 Å². The standard InChI is InChI=1S/C24H22F2N4O2/c1-32-21-7-6-14(9-19(21)26)23-20(31)11-22(30-8-2-3-17(28)13-30)29-24(23)15-4-5-16(12-27)18(25)10-15/h4-7,9-11,17H,2-3,8,13,28H2,1H3,(H,29,31)/t17-/m1/s1. The zero-order chi connectivity index (χ0) is 22.8. The van der Waals surface area contributed by atoms with Crippen molar-refractivity contribution < 1.29 is 18.6 Å². The van der Waals surface area contributed by atoms with Crippen LogP contribution in [0.15, 0.2) is 42.5 Å². The minimum Gasteiger partial charge on any atom is -0.507 e. The van der Waals surface area contributed by atoms with Crippen molar-refractivity contribution in [2.75, 3.05) is 25.1 Å². The Kier molecular flexibility index (Phi) is 5.93. The zero-order valence-corrected chi connectivity index (χ0v) is 17.5. The van der Waals surface area contributed by atoms with E-state index in [-0.39, 0.29) is 34.4 Å². The lowest BCUT2D eigenvalue weighted by atomic mass is 9.97. The van der Waals surface area contributed by atoms with Crippen LogP contribution in [0.4, 0.5) is 14.6 Å². The Labute approximate surface area is 184 Å². The summed E-state index contributed by atoms with van der Waals surface area (Å²) >= 11 is 0. The van der Waals surface area contributed by atoms with E-state index in [0.29, 0.717) is 23.5 Å². The molecule has 8 heteroatoms. The van der Waals surface area contributed by atoms with Crippen molar-refractivity contribution in [3.63, 3.8) is 0 Å². The molecule has 4 rings (SSSR count). The summed E-state index contributed by atoms with van der Waals surface area (Å²) in [5.41, 5.74) is 7.23. The summed E-state index contributed by atoms with van der Waals surface area (Å²) in [7, 11) is 1.36. The number of methoxy groups -OCH3 is 1. The highest BCUT2D eigenvalue weighted by molar-refractivity contribution is 5.87. The molecule has 164 valence electrons. The average molecular weight is 436 g/mol. The molecule has 0 radical (unpaired) electrons. The topological polar surface area (TPSA) is 95.4 Å². The second kappa shape index (κ2) is 8.81. The number of halogens is 2. The Bertz CT molecular complexity index is 1210. The van der Waals surface area contributed by atoms with Gasteiger partial charge >= 0.3 is 0 Å². The first kappa shape index (κ1) is 21.5. The number of ether oxygens (including phenoxy) is 1. The molecule has 1 saturated heterocycles. The van der Waals surface area contributed by atoms with E-state index in [9.17, 15) is 13.9 Å². The lowest BCUT2D eigenvalue weighted by Gasteiger charge is -2.32. The fourth-order valence-corrected chi connectivity index (χ4v) is 3.97. The Morgan fingerprint density at radius 3 is 2.56 bits per heavy atom. The van der Waals surface area contributed by atoms with Crippen molar-refractivity contribution in [3.05, 3.63) is 59.7 Å². The molecule has 2 aromatic carbocycles. The number of pyridine rings is 1. The predicted molar refractivity (Wildman–Crippen MR) is 117 cm³/mol. The van der Waals surface area contributed by atoms with E-state index < -0.39 is 11.6 Å². The van der Waals surface area contributed by atoms with Gasteiger partial charge in [-0.2, -0.15) is 5.26 Å². The van der Waals surface area contributed by atoms with Gasteiger partial charge in [0, 0.05) is 30.8 Å². The molecule has 0 aliphatic carbocycles. The number of nitrogens with two attached hydrogens (primary N) is 1. The number of aromatic nitrogens is 1. The van der Waals surface area contributed by atoms with E-state index in [1.54, 1.807) is 18.2 Å². The first-order chi connectivity index (χ1) is 15.4. The van der Waals surface area contributed by atoms with Gasteiger partial charge in [0.2, 0.25) is 0 Å². The maximum atomic E-state index is 14.4. The van der Waals surface area contributed by atoms with Crippen molar-refractivity contribution in [3.8, 4) is 40.0 Å². The zero-order valence-electron chi connectivity index (χ0n) is 17.5. The molecule has 1 aromatic heterocycles. The van der Waals surface area contributed by atoms with E-state index in [1.807, 2.05) is 4.90 Å². The number of nitriles is 1. The van der Waals surface area contributed by atoms with E-state index in [1.165, 1.54) is 37.4 Å². The van der Waals surface area contributed by atoms with Crippen LogP contribution in [-0.2, 0) is 0 Å². The monoisotopic (exact) mass is 436 g/mol. The van der Waals surface area contributed by atoms with E-state index in [2.05, 4.69) is 0 Å². The smallest absolute Gasteiger partial charge is 0.165 e. The van der Waals surface area contributed by atoms with Crippen molar-refractivity contribution in [1.82, 2.24) is 4.98 Å². The third kappa shape index (κ3) is 4.07. The number of hydrogen-bond acceptors (Lipinski definition) is 6. The maximum absolute atomic E-state index is 14.4. The van der Waals surface area contributed by atoms with E-state index in [4.69, 9.17) is 20.7 Å². The van der Waals surface area contributed by atoms with Gasteiger partial charge in [0.1, 0.15) is 23.5 Å². The molecule has 0 bridgehead atoms. The first-order valence-corrected chi connectivity index (χ1v) is 10.2. The molecular formula is C24H22F2N4O2. The second-order valence-electron chi connectivity index (χ2n) is 7.73. The van der Waals surface area contributed by atoms with Crippen LogP contribution in [0.3, 0.4) is 0 Å². The molecule has 0 unspecified atom stereocenters. The third-order valence-electron chi connectivity index (χ3n) is 5.57. The molecule has 1 fully saturated rings. The molecule has 0 amide bonds. The Morgan fingerprint density at radius 1 is 1.16 bits per heavy atom. The van der Waals surface area contributed by atoms with Gasteiger partial charge in [-0.1, -0.05) is 12.1 Å². The normalized spacial score (nSPS) is 16.0. The summed E-state index contributed by atoms with van der Waals surface area (Å²) in [6.45, 7) is 1.29. The lowest BCUT2D eigenvalue weighted by molar-refractivity contribution is 0.386. The van der Waals surface area contributed by atoms with Gasteiger partial charge in [0.15, 0.2) is 11.6 Å². The van der Waals surface area contributed by atoms with Gasteiger partial charge in [-0.3, -0.25) is 0 Å². The van der Waals surface area contributed by atoms with Crippen LogP contribution in [0.5, 0.6) is 11.5 Å². The summed E-state index contributed by atoms with van der Waals surface area (Å²) in [6, 6.07) is 11.7. The highest BCUT2D eigenvalue weighted by atomic mass is 19.1. The van der Waals surface area contributed by atoms with Crippen LogP contribution in [-0.4, -0.2) is 36.3 Å². The molecule has 1 atom stereocenters. The molecule has 3 N–H and O–H groups in total. The van der Waals surface area contributed by atoms with Crippen molar-refractivity contribution in [2.24, 2.45) is 5.73 Å². The molecule has 1 aliphatic heterocycles. The van der Waals surface area contributed by atoms with Gasteiger partial charge < -0.3 is 20.5 Å². The molecule has 0 saturated carbocycles. The van der Waals surface area contributed by atoms with Crippen molar-refractivity contribution in [1.29, 1.82) is 5.26 Å². The average Bonchev–Trinajstić information content (AvgIpc) is 2.78. The minimum absolute atomic E-state index is 0.0149. The van der Waals surface area contributed by atoms with Crippen LogP contribution in [0, 0.1) is 23.0 Å². The minimum atomic E-state index is -0.705. The number of rotatable bonds is 4. The Hall–Kier alpha value is -3.70. The summed E-state index contributed by atoms with van der Waals surface area (Å²) in [5, 5.41) is 20.0. The fourth-order valence-electron chi connectivity index (χ4n) is 3.97. The van der Waals surface area contributed by atoms with Crippen LogP contribution in [0.2, 0.25) is 0 Å². The number of benzene rings is 2. The largest absolute Gasteiger partial charge is 0.507 e. The van der Waals surface area contributed by atoms with Crippen LogP contribution in [0.25, 0.3) is 22.4 Å². The fraction of sp³-hybridized carbons (Fsp3) is 0.250. The molecule has 6 nitrogen and oxygen atoms in total. The molecule has 32 heavy (non-hydrogen) atoms. The first-order valence-electron chi connectivity index (χ1n) is 10.2. The Balaban J connectivity index is 1.91. The van der Waals surface area contributed by atoms with E-state index >= 15 is 0 Å². The number of aromatic hydroxyl groups is 1. The third-order valence-corrected chi connectivity index (χ3v) is 5.57. The summed E-state index contributed by atoms with van der Waals surface area (Å²) < 4.78 is 33.8. The van der Waals surface area contributed by atoms with Gasteiger partial charge in [0.05, 0.1) is 23.9 Å². The summed E-state index contributed by atoms with van der Waals surface area (Å²) in [4.78, 5) is 6.68. The number of hydrogen-bond donors (Lipinski definition) is 2. The quantitative estimate of drug-likeness (QED) is 0.636. The summed E-state index contributed by atoms with van der Waals surface area (Å²) in [5.74, 6) is -0.879. The lowest BCUT2D eigenvalue weighted by Crippen LogP contribution is -2.43. The Morgan fingerprint density at radius 2 is 1.91 bits per heavy atom. The van der Waals surface area contributed by atoms with Crippen molar-refractivity contribution in [2.45, 2.75) is 18.9 Å². The molecule has 0 spiro atoms.